The van der Waals surface area contributed by atoms with Crippen molar-refractivity contribution in [2.24, 2.45) is 5.73 Å². The molecule has 0 bridgehead atoms. The van der Waals surface area contributed by atoms with Crippen molar-refractivity contribution in [2.75, 3.05) is 13.2 Å². The average molecular weight is 256 g/mol. The van der Waals surface area contributed by atoms with E-state index in [1.54, 1.807) is 11.8 Å². The second kappa shape index (κ2) is 7.95. The van der Waals surface area contributed by atoms with E-state index in [1.807, 2.05) is 0 Å². The van der Waals surface area contributed by atoms with E-state index in [4.69, 9.17) is 10.5 Å². The molecule has 1 rings (SSSR count). The summed E-state index contributed by atoms with van der Waals surface area (Å²) in [6.45, 7) is 2.75. The minimum atomic E-state index is -0.370. The van der Waals surface area contributed by atoms with Crippen LogP contribution in [0.5, 0.6) is 0 Å². The number of hydrogen-bond donors (Lipinski definition) is 1. The van der Waals surface area contributed by atoms with Gasteiger partial charge in [0.25, 0.3) is 0 Å². The van der Waals surface area contributed by atoms with Crippen molar-refractivity contribution in [3.63, 3.8) is 0 Å². The van der Waals surface area contributed by atoms with Gasteiger partial charge in [-0.05, 0) is 26.2 Å². The van der Waals surface area contributed by atoms with E-state index in [9.17, 15) is 9.59 Å². The Morgan fingerprint density at radius 2 is 1.94 bits per heavy atom. The molecule has 0 unspecified atom stereocenters. The first kappa shape index (κ1) is 14.8. The minimum absolute atomic E-state index is 0.203. The highest BCUT2D eigenvalue weighted by molar-refractivity contribution is 5.72. The second-order valence-corrected chi connectivity index (χ2v) is 4.73. The fraction of sp³-hybridized carbons (Fsp3) is 0.846. The van der Waals surface area contributed by atoms with E-state index in [-0.39, 0.29) is 18.0 Å². The van der Waals surface area contributed by atoms with Crippen molar-refractivity contribution in [1.82, 2.24) is 4.90 Å². The summed E-state index contributed by atoms with van der Waals surface area (Å²) in [5.74, 6) is -0.203. The van der Waals surface area contributed by atoms with Crippen molar-refractivity contribution in [3.05, 3.63) is 0 Å². The maximum Gasteiger partial charge on any atom is 0.315 e. The molecule has 0 aromatic carbocycles. The van der Waals surface area contributed by atoms with Crippen LogP contribution in [0.3, 0.4) is 0 Å². The van der Waals surface area contributed by atoms with Crippen molar-refractivity contribution >= 4 is 12.0 Å². The Morgan fingerprint density at radius 1 is 1.28 bits per heavy atom. The zero-order chi connectivity index (χ0) is 13.4. The first-order valence-electron chi connectivity index (χ1n) is 6.86. The smallest absolute Gasteiger partial charge is 0.315 e. The number of carbonyl (C=O) groups is 2. The summed E-state index contributed by atoms with van der Waals surface area (Å²) in [5, 5.41) is 0. The van der Waals surface area contributed by atoms with Gasteiger partial charge in [-0.25, -0.2) is 4.79 Å². The zero-order valence-electron chi connectivity index (χ0n) is 11.2. The molecule has 5 nitrogen and oxygen atoms in total. The Balaban J connectivity index is 2.33. The molecule has 1 aliphatic carbocycles. The Kier molecular flexibility index (Phi) is 6.54. The fourth-order valence-electron chi connectivity index (χ4n) is 2.49. The molecular formula is C13H24N2O3. The van der Waals surface area contributed by atoms with Gasteiger partial charge in [0.1, 0.15) is 0 Å². The molecule has 0 aromatic heterocycles. The number of hydrogen-bond acceptors (Lipinski definition) is 3. The summed E-state index contributed by atoms with van der Waals surface area (Å²) in [6.07, 6.45) is 6.60. The maximum atomic E-state index is 11.4. The third-order valence-electron chi connectivity index (χ3n) is 3.38. The van der Waals surface area contributed by atoms with Crippen LogP contribution >= 0.6 is 0 Å². The monoisotopic (exact) mass is 256 g/mol. The largest absolute Gasteiger partial charge is 0.466 e. The molecule has 1 saturated carbocycles. The van der Waals surface area contributed by atoms with E-state index in [1.165, 1.54) is 6.42 Å². The third kappa shape index (κ3) is 4.94. The van der Waals surface area contributed by atoms with E-state index >= 15 is 0 Å². The number of primary amides is 1. The summed E-state index contributed by atoms with van der Waals surface area (Å²) >= 11 is 0. The number of amides is 2. The van der Waals surface area contributed by atoms with Crippen molar-refractivity contribution in [2.45, 2.75) is 57.9 Å². The van der Waals surface area contributed by atoms with Crippen LogP contribution in [0.1, 0.15) is 51.9 Å². The number of carbonyl (C=O) groups excluding carboxylic acids is 2. The number of ether oxygens (including phenoxy) is 1. The lowest BCUT2D eigenvalue weighted by Gasteiger charge is -2.33. The number of esters is 1. The molecule has 0 radical (unpaired) electrons. The molecule has 2 amide bonds. The Hall–Kier alpha value is -1.26. The fourth-order valence-corrected chi connectivity index (χ4v) is 2.49. The summed E-state index contributed by atoms with van der Waals surface area (Å²) in [7, 11) is 0. The van der Waals surface area contributed by atoms with Crippen LogP contribution in [0, 0.1) is 0 Å². The van der Waals surface area contributed by atoms with Crippen molar-refractivity contribution < 1.29 is 14.3 Å². The molecule has 0 aromatic rings. The topological polar surface area (TPSA) is 72.6 Å². The molecule has 0 spiro atoms. The highest BCUT2D eigenvalue weighted by atomic mass is 16.5. The van der Waals surface area contributed by atoms with Gasteiger partial charge >= 0.3 is 12.0 Å². The summed E-state index contributed by atoms with van der Waals surface area (Å²) in [5.41, 5.74) is 5.41. The van der Waals surface area contributed by atoms with E-state index < -0.39 is 0 Å². The molecule has 1 fully saturated rings. The molecule has 18 heavy (non-hydrogen) atoms. The molecule has 5 heteroatoms. The SMILES string of the molecule is CCOC(=O)CCCN(C(N)=O)C1CCCCC1. The number of nitrogens with zero attached hydrogens (tertiary/aromatic N) is 1. The summed E-state index contributed by atoms with van der Waals surface area (Å²) < 4.78 is 4.86. The van der Waals surface area contributed by atoms with E-state index in [2.05, 4.69) is 0 Å². The van der Waals surface area contributed by atoms with Gasteiger partial charge in [-0.15, -0.1) is 0 Å². The second-order valence-electron chi connectivity index (χ2n) is 4.73. The molecule has 0 heterocycles. The first-order chi connectivity index (χ1) is 8.65. The molecular weight excluding hydrogens is 232 g/mol. The van der Waals surface area contributed by atoms with Crippen molar-refractivity contribution in [3.8, 4) is 0 Å². The van der Waals surface area contributed by atoms with Crippen LogP contribution in [-0.2, 0) is 9.53 Å². The highest BCUT2D eigenvalue weighted by Crippen LogP contribution is 2.22. The maximum absolute atomic E-state index is 11.4. The molecule has 104 valence electrons. The quantitative estimate of drug-likeness (QED) is 0.739. The third-order valence-corrected chi connectivity index (χ3v) is 3.38. The lowest BCUT2D eigenvalue weighted by Crippen LogP contribution is -2.45. The van der Waals surface area contributed by atoms with Crippen molar-refractivity contribution in [1.29, 1.82) is 0 Å². The van der Waals surface area contributed by atoms with Gasteiger partial charge in [0.2, 0.25) is 0 Å². The first-order valence-corrected chi connectivity index (χ1v) is 6.86. The van der Waals surface area contributed by atoms with Gasteiger partial charge in [-0.1, -0.05) is 19.3 Å². The van der Waals surface area contributed by atoms with Gasteiger partial charge in [-0.3, -0.25) is 4.79 Å². The summed E-state index contributed by atoms with van der Waals surface area (Å²) in [4.78, 5) is 24.4. The van der Waals surface area contributed by atoms with Crippen LogP contribution < -0.4 is 5.73 Å². The zero-order valence-corrected chi connectivity index (χ0v) is 11.2. The van der Waals surface area contributed by atoms with Crippen LogP contribution in [0.4, 0.5) is 4.79 Å². The van der Waals surface area contributed by atoms with Crippen LogP contribution in [0.15, 0.2) is 0 Å². The average Bonchev–Trinajstić information content (AvgIpc) is 2.35. The minimum Gasteiger partial charge on any atom is -0.466 e. The normalized spacial score (nSPS) is 16.3. The van der Waals surface area contributed by atoms with Gasteiger partial charge in [0.15, 0.2) is 0 Å². The Bertz CT molecular complexity index is 275. The van der Waals surface area contributed by atoms with Crippen LogP contribution in [-0.4, -0.2) is 36.1 Å². The van der Waals surface area contributed by atoms with Gasteiger partial charge < -0.3 is 15.4 Å². The molecule has 2 N–H and O–H groups in total. The van der Waals surface area contributed by atoms with Gasteiger partial charge in [0.05, 0.1) is 6.61 Å². The predicted octanol–water partition coefficient (Wildman–Crippen LogP) is 2.04. The molecule has 1 aliphatic rings. The Labute approximate surface area is 109 Å². The van der Waals surface area contributed by atoms with Gasteiger partial charge in [0, 0.05) is 19.0 Å². The number of nitrogens with two attached hydrogens (primary N) is 1. The van der Waals surface area contributed by atoms with E-state index in [0.717, 1.165) is 25.7 Å². The Morgan fingerprint density at radius 3 is 2.50 bits per heavy atom. The number of rotatable bonds is 6. The molecule has 0 aliphatic heterocycles. The predicted molar refractivity (Wildman–Crippen MR) is 69.0 cm³/mol. The molecule has 0 atom stereocenters. The summed E-state index contributed by atoms with van der Waals surface area (Å²) in [6, 6.07) is -0.107. The standard InChI is InChI=1S/C13H24N2O3/c1-2-18-12(16)9-6-10-15(13(14)17)11-7-4-3-5-8-11/h11H,2-10H2,1H3,(H2,14,17). The highest BCUT2D eigenvalue weighted by Gasteiger charge is 2.23. The molecule has 0 saturated heterocycles. The van der Waals surface area contributed by atoms with E-state index in [0.29, 0.717) is 26.0 Å². The lowest BCUT2D eigenvalue weighted by molar-refractivity contribution is -0.143. The lowest BCUT2D eigenvalue weighted by atomic mass is 9.94. The number of urea groups is 1. The van der Waals surface area contributed by atoms with Gasteiger partial charge in [-0.2, -0.15) is 0 Å². The van der Waals surface area contributed by atoms with Crippen LogP contribution in [0.2, 0.25) is 0 Å². The van der Waals surface area contributed by atoms with Crippen LogP contribution in [0.25, 0.3) is 0 Å².